The van der Waals surface area contributed by atoms with Gasteiger partial charge in [-0.1, -0.05) is 60.7 Å². The van der Waals surface area contributed by atoms with Crippen LogP contribution in [0.3, 0.4) is 0 Å². The Balaban J connectivity index is 0.000000415. The number of carboxylic acids is 2. The molecule has 0 unspecified atom stereocenters. The monoisotopic (exact) mass is 912 g/mol. The first kappa shape index (κ1) is 50.3. The standard InChI is InChI=1S/C14H15N3O4.C11H11NO4.C8H11N3O4.C3H4N2.CH3.Pd/c18-13(19)12(9-17-8-4-7-15-17)16-14(20)21-10-11-5-2-1-3-6-11;13-10-9(7-15-10)12-11(14)16-6-8-4-2-1-3-5-8;1-14-15-6-9-7(8(12)13)5-11-4-2-3-10-11;1-2-4-5-3-1;;/h1-8,12H,9-10H2,(H,16,20)(H,18,19);1-5,9H,6-7H2,(H,12,14);2-4,6-7H,5H2,1H3,(H,12,13);2-3H,1H2;1H3;/q;;;;-1;/t12-;9-;7-;;;/m000.../s1. The molecule has 0 bridgehead atoms. The van der Waals surface area contributed by atoms with Gasteiger partial charge in [0, 0.05) is 64.1 Å². The summed E-state index contributed by atoms with van der Waals surface area (Å²) in [5.74, 6) is -2.62. The average molecular weight is 913 g/mol. The van der Waals surface area contributed by atoms with Crippen LogP contribution in [0.5, 0.6) is 0 Å². The number of carbonyl (C=O) groups is 5. The third kappa shape index (κ3) is 21.4. The zero-order chi connectivity index (χ0) is 41.1. The first-order valence-electron chi connectivity index (χ1n) is 16.9. The fourth-order valence-electron chi connectivity index (χ4n) is 4.08. The smallest absolute Gasteiger partial charge is 0.408 e. The minimum atomic E-state index is -1.15. The van der Waals surface area contributed by atoms with E-state index in [1.165, 1.54) is 22.7 Å². The molecule has 59 heavy (non-hydrogen) atoms. The molecular weight excluding hydrogens is 869 g/mol. The first-order valence-corrected chi connectivity index (χ1v) is 16.9. The van der Waals surface area contributed by atoms with Gasteiger partial charge in [0.15, 0.2) is 12.1 Å². The number of carboxylic acid groups (broad SMARTS) is 2. The Labute approximate surface area is 352 Å². The SMILES string of the molecule is C1=NN=CC1.COOC=N[C@@H](Cn1cccn1)C(=O)O.O=C(N[C@@H](Cn1cccn1)C(=O)O)OCc1ccccc1.O=C(N[C@H]1COC1=O)OCc1ccccc1.[CH3-].[Pd]. The molecule has 0 saturated carbocycles. The number of aliphatic carboxylic acids is 2. The second-order valence-corrected chi connectivity index (χ2v) is 11.1. The van der Waals surface area contributed by atoms with Crippen molar-refractivity contribution in [2.45, 2.75) is 50.8 Å². The normalized spacial score (nSPS) is 13.8. The summed E-state index contributed by atoms with van der Waals surface area (Å²) < 4.78 is 17.3. The van der Waals surface area contributed by atoms with Crippen LogP contribution in [-0.4, -0.2) is 111 Å². The second-order valence-electron chi connectivity index (χ2n) is 11.1. The summed E-state index contributed by atoms with van der Waals surface area (Å²) in [6.07, 6.45) is 10.4. The van der Waals surface area contributed by atoms with Crippen molar-refractivity contribution in [2.75, 3.05) is 13.7 Å². The molecule has 2 amide bonds. The number of hydrogen-bond donors (Lipinski definition) is 4. The largest absolute Gasteiger partial charge is 0.480 e. The van der Waals surface area contributed by atoms with Crippen LogP contribution in [0.4, 0.5) is 9.59 Å². The van der Waals surface area contributed by atoms with Gasteiger partial charge in [0.2, 0.25) is 6.40 Å². The van der Waals surface area contributed by atoms with E-state index in [0.29, 0.717) is 0 Å². The van der Waals surface area contributed by atoms with E-state index in [1.54, 1.807) is 43.2 Å². The Bertz CT molecular complexity index is 1870. The number of esters is 1. The zero-order valence-electron chi connectivity index (χ0n) is 31.9. The minimum absolute atomic E-state index is 0. The van der Waals surface area contributed by atoms with E-state index in [1.807, 2.05) is 60.7 Å². The number of nitrogens with zero attached hydrogens (tertiary/aromatic N) is 7. The Hall–Kier alpha value is -6.76. The van der Waals surface area contributed by atoms with Crippen molar-refractivity contribution < 1.29 is 78.6 Å². The van der Waals surface area contributed by atoms with Crippen LogP contribution in [0.25, 0.3) is 0 Å². The van der Waals surface area contributed by atoms with Crippen molar-refractivity contribution in [1.82, 2.24) is 30.2 Å². The summed E-state index contributed by atoms with van der Waals surface area (Å²) in [6.45, 7) is 0.670. The van der Waals surface area contributed by atoms with Crippen LogP contribution in [0.15, 0.2) is 113 Å². The Morgan fingerprint density at radius 2 is 1.39 bits per heavy atom. The van der Waals surface area contributed by atoms with Gasteiger partial charge in [-0.2, -0.15) is 25.3 Å². The third-order valence-corrected chi connectivity index (χ3v) is 6.94. The van der Waals surface area contributed by atoms with Gasteiger partial charge in [0.05, 0.1) is 20.2 Å². The van der Waals surface area contributed by atoms with Gasteiger partial charge in [0.25, 0.3) is 0 Å². The topological polar surface area (TPSA) is 269 Å². The van der Waals surface area contributed by atoms with Crippen molar-refractivity contribution in [3.05, 3.63) is 116 Å². The van der Waals surface area contributed by atoms with E-state index in [-0.39, 0.29) is 60.8 Å². The molecule has 6 rings (SSSR count). The molecule has 21 nitrogen and oxygen atoms in total. The van der Waals surface area contributed by atoms with E-state index in [2.05, 4.69) is 50.5 Å². The minimum Gasteiger partial charge on any atom is -0.480 e. The molecule has 2 aromatic heterocycles. The number of rotatable bonds is 15. The molecule has 2 aromatic carbocycles. The molecule has 2 aliphatic rings. The predicted octanol–water partition coefficient (Wildman–Crippen LogP) is 2.94. The van der Waals surface area contributed by atoms with Gasteiger partial charge in [-0.25, -0.2) is 29.0 Å². The average Bonchev–Trinajstić information content (AvgIpc) is 4.06. The number of aliphatic imine (C=N–C) groups is 1. The van der Waals surface area contributed by atoms with E-state index >= 15 is 0 Å². The molecule has 2 aliphatic heterocycles. The summed E-state index contributed by atoms with van der Waals surface area (Å²) in [7, 11) is 1.30. The number of carbonyl (C=O) groups excluding carboxylic acids is 3. The predicted molar refractivity (Wildman–Crippen MR) is 206 cm³/mol. The molecule has 3 atom stereocenters. The number of ether oxygens (including phenoxy) is 3. The van der Waals surface area contributed by atoms with Crippen LogP contribution < -0.4 is 10.6 Å². The van der Waals surface area contributed by atoms with Gasteiger partial charge in [-0.3, -0.25) is 9.36 Å². The number of hydrogen-bond acceptors (Lipinski definition) is 15. The molecule has 22 heteroatoms. The molecule has 320 valence electrons. The summed E-state index contributed by atoms with van der Waals surface area (Å²) in [5.41, 5.74) is 1.72. The fraction of sp³-hybridized carbons (Fsp3) is 0.270. The summed E-state index contributed by atoms with van der Waals surface area (Å²) >= 11 is 0. The summed E-state index contributed by atoms with van der Waals surface area (Å²) in [4.78, 5) is 67.7. The third-order valence-electron chi connectivity index (χ3n) is 6.94. The van der Waals surface area contributed by atoms with Gasteiger partial charge in [-0.15, -0.1) is 0 Å². The van der Waals surface area contributed by atoms with Crippen LogP contribution in [0.2, 0.25) is 0 Å². The maximum absolute atomic E-state index is 11.6. The van der Waals surface area contributed by atoms with E-state index in [4.69, 9.17) is 19.7 Å². The molecular formula is C37H44N9O12Pd-. The number of alkyl carbamates (subject to hydrolysis) is 2. The molecule has 4 heterocycles. The maximum atomic E-state index is 11.6. The van der Waals surface area contributed by atoms with Crippen molar-refractivity contribution in [3.8, 4) is 0 Å². The molecule has 0 radical (unpaired) electrons. The van der Waals surface area contributed by atoms with Gasteiger partial charge in [0.1, 0.15) is 25.9 Å². The van der Waals surface area contributed by atoms with Crippen LogP contribution >= 0.6 is 0 Å². The van der Waals surface area contributed by atoms with Crippen LogP contribution in [0.1, 0.15) is 17.5 Å². The molecule has 4 aromatic rings. The summed E-state index contributed by atoms with van der Waals surface area (Å²) in [6, 6.07) is 19.2. The van der Waals surface area contributed by atoms with Crippen molar-refractivity contribution >= 4 is 48.9 Å². The molecule has 0 spiro atoms. The molecule has 1 fully saturated rings. The Morgan fingerprint density at radius 1 is 0.847 bits per heavy atom. The maximum Gasteiger partial charge on any atom is 0.408 e. The van der Waals surface area contributed by atoms with Crippen molar-refractivity contribution in [1.29, 1.82) is 0 Å². The Morgan fingerprint density at radius 3 is 1.80 bits per heavy atom. The van der Waals surface area contributed by atoms with Crippen LogP contribution in [-0.2, 0) is 85.1 Å². The quantitative estimate of drug-likeness (QED) is 0.0195. The molecule has 4 N–H and O–H groups in total. The first-order chi connectivity index (χ1) is 27.6. The number of amides is 2. The fourth-order valence-corrected chi connectivity index (χ4v) is 4.08. The van der Waals surface area contributed by atoms with E-state index in [9.17, 15) is 24.0 Å². The van der Waals surface area contributed by atoms with Gasteiger partial charge < -0.3 is 47.4 Å². The summed E-state index contributed by atoms with van der Waals surface area (Å²) in [5, 5.41) is 37.4. The van der Waals surface area contributed by atoms with E-state index < -0.39 is 48.2 Å². The van der Waals surface area contributed by atoms with Gasteiger partial charge >= 0.3 is 30.1 Å². The number of benzene rings is 2. The number of nitrogens with one attached hydrogen (secondary N) is 2. The van der Waals surface area contributed by atoms with Crippen LogP contribution in [0, 0.1) is 7.43 Å². The second kappa shape index (κ2) is 29.5. The zero-order valence-corrected chi connectivity index (χ0v) is 33.4. The van der Waals surface area contributed by atoms with Crippen molar-refractivity contribution in [2.24, 2.45) is 15.2 Å². The molecule has 0 aliphatic carbocycles. The number of cyclic esters (lactones) is 1. The van der Waals surface area contributed by atoms with Crippen molar-refractivity contribution in [3.63, 3.8) is 0 Å². The van der Waals surface area contributed by atoms with Gasteiger partial charge in [-0.05, 0) is 23.3 Å². The van der Waals surface area contributed by atoms with E-state index in [0.717, 1.165) is 23.9 Å². The number of aromatic nitrogens is 4. The molecule has 1 saturated heterocycles. The Kier molecular flexibility index (Phi) is 25.1.